The second-order valence-corrected chi connectivity index (χ2v) is 9.06. The molecule has 1 N–H and O–H groups in total. The van der Waals surface area contributed by atoms with Crippen LogP contribution in [0.4, 0.5) is 0 Å². The quantitative estimate of drug-likeness (QED) is 0.428. The minimum atomic E-state index is 0.166. The summed E-state index contributed by atoms with van der Waals surface area (Å²) in [5.41, 5.74) is 7.86. The molecule has 0 fully saturated rings. The van der Waals surface area contributed by atoms with Crippen molar-refractivity contribution in [2.75, 3.05) is 6.61 Å². The smallest absolute Gasteiger partial charge is 0.157 e. The zero-order valence-electron chi connectivity index (χ0n) is 17.9. The molecular formula is C24H29N3OS. The van der Waals surface area contributed by atoms with Gasteiger partial charge in [0.15, 0.2) is 5.65 Å². The van der Waals surface area contributed by atoms with E-state index in [0.29, 0.717) is 12.3 Å². The molecule has 5 heteroatoms. The molecule has 0 aliphatic rings. The highest BCUT2D eigenvalue weighted by Crippen LogP contribution is 2.42. The van der Waals surface area contributed by atoms with Crippen molar-refractivity contribution in [1.29, 1.82) is 0 Å². The van der Waals surface area contributed by atoms with Crippen molar-refractivity contribution in [1.82, 2.24) is 14.6 Å². The van der Waals surface area contributed by atoms with Gasteiger partial charge >= 0.3 is 0 Å². The summed E-state index contributed by atoms with van der Waals surface area (Å²) in [4.78, 5) is 6.27. The molecule has 0 amide bonds. The van der Waals surface area contributed by atoms with E-state index in [0.717, 1.165) is 35.6 Å². The number of hydrogen-bond acceptors (Lipinski definition) is 4. The third-order valence-corrected chi connectivity index (χ3v) is 7.12. The molecule has 0 unspecified atom stereocenters. The van der Waals surface area contributed by atoms with Crippen LogP contribution in [-0.4, -0.2) is 26.3 Å². The fraction of sp³-hybridized carbons (Fsp3) is 0.417. The Morgan fingerprint density at radius 3 is 2.59 bits per heavy atom. The van der Waals surface area contributed by atoms with Crippen molar-refractivity contribution in [2.45, 2.75) is 59.8 Å². The van der Waals surface area contributed by atoms with Gasteiger partial charge in [0.25, 0.3) is 0 Å². The predicted octanol–water partition coefficient (Wildman–Crippen LogP) is 5.97. The van der Waals surface area contributed by atoms with Crippen molar-refractivity contribution in [3.05, 3.63) is 51.7 Å². The van der Waals surface area contributed by atoms with Gasteiger partial charge in [-0.3, -0.25) is 0 Å². The molecule has 0 bridgehead atoms. The van der Waals surface area contributed by atoms with Crippen LogP contribution in [0.2, 0.25) is 0 Å². The lowest BCUT2D eigenvalue weighted by molar-refractivity contribution is 0.300. The molecule has 1 aromatic carbocycles. The molecule has 0 aliphatic carbocycles. The van der Waals surface area contributed by atoms with Gasteiger partial charge in [0, 0.05) is 32.7 Å². The van der Waals surface area contributed by atoms with Gasteiger partial charge in [0.2, 0.25) is 0 Å². The Morgan fingerprint density at radius 1 is 1.14 bits per heavy atom. The number of imidazole rings is 1. The Labute approximate surface area is 176 Å². The maximum absolute atomic E-state index is 9.46. The molecule has 0 aliphatic heterocycles. The first-order chi connectivity index (χ1) is 14.0. The molecule has 0 spiro atoms. The van der Waals surface area contributed by atoms with E-state index in [-0.39, 0.29) is 6.61 Å². The minimum Gasteiger partial charge on any atom is -0.396 e. The van der Waals surface area contributed by atoms with Crippen LogP contribution in [-0.2, 0) is 6.42 Å². The van der Waals surface area contributed by atoms with Crippen LogP contribution >= 0.6 is 11.3 Å². The Morgan fingerprint density at radius 2 is 1.90 bits per heavy atom. The number of thiophene rings is 1. The maximum atomic E-state index is 9.46. The Hall–Kier alpha value is -2.24. The van der Waals surface area contributed by atoms with E-state index >= 15 is 0 Å². The summed E-state index contributed by atoms with van der Waals surface area (Å²) >= 11 is 1.80. The van der Waals surface area contributed by atoms with Gasteiger partial charge in [-0.1, -0.05) is 32.0 Å². The Balaban J connectivity index is 2.04. The van der Waals surface area contributed by atoms with E-state index in [2.05, 4.69) is 63.4 Å². The van der Waals surface area contributed by atoms with Crippen molar-refractivity contribution >= 4 is 27.1 Å². The molecule has 29 heavy (non-hydrogen) atoms. The lowest BCUT2D eigenvalue weighted by atomic mass is 9.95. The standard InChI is InChI=1S/C24H29N3OS/c1-6-17(7-2)20-13-14(3)26-27-22(15(4)25-24(20)27)21-16(5)29-23-18(11-12-28)9-8-10-19(21)23/h8-10,13,17,28H,6-7,11-12H2,1-5H3. The Bertz CT molecular complexity index is 1180. The summed E-state index contributed by atoms with van der Waals surface area (Å²) in [6.45, 7) is 11.0. The van der Waals surface area contributed by atoms with Crippen molar-refractivity contribution in [3.63, 3.8) is 0 Å². The molecule has 3 aromatic heterocycles. The van der Waals surface area contributed by atoms with Crippen molar-refractivity contribution in [2.24, 2.45) is 0 Å². The first kappa shape index (κ1) is 20.0. The number of rotatable bonds is 6. The van der Waals surface area contributed by atoms with Gasteiger partial charge in [-0.15, -0.1) is 11.3 Å². The van der Waals surface area contributed by atoms with Gasteiger partial charge in [0.1, 0.15) is 0 Å². The average Bonchev–Trinajstić information content (AvgIpc) is 3.19. The number of aromatic nitrogens is 3. The fourth-order valence-electron chi connectivity index (χ4n) is 4.50. The van der Waals surface area contributed by atoms with Crippen LogP contribution in [0.5, 0.6) is 0 Å². The lowest BCUT2D eigenvalue weighted by Gasteiger charge is -2.15. The second kappa shape index (κ2) is 7.88. The van der Waals surface area contributed by atoms with Crippen LogP contribution in [0.15, 0.2) is 24.3 Å². The van der Waals surface area contributed by atoms with E-state index in [1.165, 1.54) is 31.7 Å². The number of fused-ring (bicyclic) bond motifs is 2. The van der Waals surface area contributed by atoms with Crippen LogP contribution in [0.1, 0.15) is 60.0 Å². The molecule has 152 valence electrons. The molecule has 4 aromatic rings. The highest BCUT2D eigenvalue weighted by Gasteiger charge is 2.23. The van der Waals surface area contributed by atoms with E-state index in [4.69, 9.17) is 10.1 Å². The topological polar surface area (TPSA) is 50.4 Å². The van der Waals surface area contributed by atoms with Crippen molar-refractivity contribution in [3.8, 4) is 11.3 Å². The van der Waals surface area contributed by atoms with Gasteiger partial charge < -0.3 is 5.11 Å². The first-order valence-corrected chi connectivity index (χ1v) is 11.3. The zero-order valence-corrected chi connectivity index (χ0v) is 18.7. The monoisotopic (exact) mass is 407 g/mol. The molecule has 4 nitrogen and oxygen atoms in total. The predicted molar refractivity (Wildman–Crippen MR) is 122 cm³/mol. The van der Waals surface area contributed by atoms with Crippen LogP contribution in [0.3, 0.4) is 0 Å². The normalized spacial score (nSPS) is 12.0. The molecule has 0 atom stereocenters. The van der Waals surface area contributed by atoms with Gasteiger partial charge in [-0.25, -0.2) is 9.50 Å². The molecular weight excluding hydrogens is 378 g/mol. The Kier molecular flexibility index (Phi) is 5.45. The number of nitrogens with zero attached hydrogens (tertiary/aromatic N) is 3. The third kappa shape index (κ3) is 3.26. The third-order valence-electron chi connectivity index (χ3n) is 5.93. The molecule has 4 rings (SSSR count). The number of aliphatic hydroxyl groups excluding tert-OH is 1. The van der Waals surface area contributed by atoms with Crippen LogP contribution < -0.4 is 0 Å². The summed E-state index contributed by atoms with van der Waals surface area (Å²) in [7, 11) is 0. The molecule has 0 radical (unpaired) electrons. The number of aliphatic hydroxyl groups is 1. The highest BCUT2D eigenvalue weighted by molar-refractivity contribution is 7.19. The first-order valence-electron chi connectivity index (χ1n) is 10.5. The molecule has 0 saturated carbocycles. The number of hydrogen-bond donors (Lipinski definition) is 1. The molecule has 0 saturated heterocycles. The summed E-state index contributed by atoms with van der Waals surface area (Å²) in [5, 5.41) is 15.6. The fourth-order valence-corrected chi connectivity index (χ4v) is 5.70. The molecule has 3 heterocycles. The lowest BCUT2D eigenvalue weighted by Crippen LogP contribution is -2.05. The summed E-state index contributed by atoms with van der Waals surface area (Å²) in [5.74, 6) is 0.491. The van der Waals surface area contributed by atoms with Crippen LogP contribution in [0, 0.1) is 20.8 Å². The average molecular weight is 408 g/mol. The van der Waals surface area contributed by atoms with E-state index in [1.807, 2.05) is 0 Å². The summed E-state index contributed by atoms with van der Waals surface area (Å²) in [6.07, 6.45) is 2.88. The van der Waals surface area contributed by atoms with Crippen LogP contribution in [0.25, 0.3) is 27.0 Å². The maximum Gasteiger partial charge on any atom is 0.157 e. The van der Waals surface area contributed by atoms with Crippen molar-refractivity contribution < 1.29 is 5.11 Å². The zero-order chi connectivity index (χ0) is 20.7. The summed E-state index contributed by atoms with van der Waals surface area (Å²) in [6, 6.07) is 8.61. The summed E-state index contributed by atoms with van der Waals surface area (Å²) < 4.78 is 3.34. The van der Waals surface area contributed by atoms with E-state index in [1.54, 1.807) is 11.3 Å². The minimum absolute atomic E-state index is 0.166. The van der Waals surface area contributed by atoms with Gasteiger partial charge in [-0.05, 0) is 57.6 Å². The van der Waals surface area contributed by atoms with E-state index in [9.17, 15) is 5.11 Å². The second-order valence-electron chi connectivity index (χ2n) is 7.84. The largest absolute Gasteiger partial charge is 0.396 e. The highest BCUT2D eigenvalue weighted by atomic mass is 32.1. The van der Waals surface area contributed by atoms with Gasteiger partial charge in [0.05, 0.1) is 17.1 Å². The van der Waals surface area contributed by atoms with Gasteiger partial charge in [-0.2, -0.15) is 5.10 Å². The number of aryl methyl sites for hydroxylation is 3. The SMILES string of the molecule is CCC(CC)c1cc(C)nn2c(-c3c(C)sc4c(CCO)cccc34)c(C)nc12. The number of benzene rings is 1. The van der Waals surface area contributed by atoms with E-state index < -0.39 is 0 Å².